The van der Waals surface area contributed by atoms with E-state index >= 15 is 0 Å². The quantitative estimate of drug-likeness (QED) is 0.826. The van der Waals surface area contributed by atoms with Gasteiger partial charge in [-0.3, -0.25) is 9.59 Å². The first-order valence-corrected chi connectivity index (χ1v) is 10.3. The molecule has 2 fully saturated rings. The summed E-state index contributed by atoms with van der Waals surface area (Å²) in [5, 5.41) is 9.03. The third kappa shape index (κ3) is 4.89. The molecule has 0 aliphatic carbocycles. The fourth-order valence-electron chi connectivity index (χ4n) is 4.00. The van der Waals surface area contributed by atoms with Gasteiger partial charge in [-0.15, -0.1) is 0 Å². The van der Waals surface area contributed by atoms with Crippen LogP contribution in [0.15, 0.2) is 24.3 Å². The molecule has 0 atom stereocenters. The Labute approximate surface area is 172 Å². The lowest BCUT2D eigenvalue weighted by molar-refractivity contribution is -0.138. The zero-order valence-electron chi connectivity index (χ0n) is 17.6. The molecule has 29 heavy (non-hydrogen) atoms. The third-order valence-electron chi connectivity index (χ3n) is 5.99. The molecule has 1 N–H and O–H groups in total. The number of carbonyl (C=O) groups excluding carboxylic acids is 2. The molecular weight excluding hydrogens is 370 g/mol. The molecule has 0 radical (unpaired) electrons. The second-order valence-corrected chi connectivity index (χ2v) is 8.99. The summed E-state index contributed by atoms with van der Waals surface area (Å²) in [6.07, 6.45) is 0.382. The van der Waals surface area contributed by atoms with Crippen molar-refractivity contribution in [2.75, 3.05) is 39.3 Å². The Morgan fingerprint density at radius 1 is 0.828 bits per heavy atom. The van der Waals surface area contributed by atoms with E-state index in [-0.39, 0.29) is 23.1 Å². The number of hydrogen-bond acceptors (Lipinski definition) is 3. The van der Waals surface area contributed by atoms with Crippen LogP contribution in [0, 0.1) is 5.92 Å². The van der Waals surface area contributed by atoms with Crippen molar-refractivity contribution < 1.29 is 19.5 Å². The summed E-state index contributed by atoms with van der Waals surface area (Å²) in [5.74, 6) is 0.0294. The summed E-state index contributed by atoms with van der Waals surface area (Å²) in [5.41, 5.74) is 1.94. The Bertz CT molecular complexity index is 753. The van der Waals surface area contributed by atoms with Crippen molar-refractivity contribution in [3.8, 4) is 0 Å². The van der Waals surface area contributed by atoms with E-state index in [2.05, 4.69) is 20.8 Å². The van der Waals surface area contributed by atoms with E-state index in [0.717, 1.165) is 0 Å². The minimum Gasteiger partial charge on any atom is -0.465 e. The fourth-order valence-corrected chi connectivity index (χ4v) is 4.00. The van der Waals surface area contributed by atoms with Gasteiger partial charge in [-0.05, 0) is 36.0 Å². The van der Waals surface area contributed by atoms with E-state index in [1.807, 2.05) is 29.2 Å². The van der Waals surface area contributed by atoms with E-state index in [1.54, 1.807) is 4.90 Å². The number of nitrogens with zero attached hydrogens (tertiary/aromatic N) is 3. The minimum atomic E-state index is -0.931. The largest absolute Gasteiger partial charge is 0.465 e. The fraction of sp³-hybridized carbons (Fsp3) is 0.591. The van der Waals surface area contributed by atoms with Gasteiger partial charge in [-0.2, -0.15) is 0 Å². The number of benzene rings is 1. The zero-order valence-corrected chi connectivity index (χ0v) is 17.6. The Morgan fingerprint density at radius 3 is 1.83 bits per heavy atom. The molecule has 2 aliphatic rings. The molecule has 0 saturated carbocycles. The first kappa shape index (κ1) is 21.1. The number of hydrogen-bond donors (Lipinski definition) is 1. The molecule has 7 nitrogen and oxygen atoms in total. The van der Waals surface area contributed by atoms with Crippen LogP contribution < -0.4 is 0 Å². The van der Waals surface area contributed by atoms with Crippen molar-refractivity contribution in [1.82, 2.24) is 14.7 Å². The van der Waals surface area contributed by atoms with Crippen molar-refractivity contribution in [2.24, 2.45) is 5.92 Å². The predicted octanol–water partition coefficient (Wildman–Crippen LogP) is 2.66. The highest BCUT2D eigenvalue weighted by Gasteiger charge is 2.32. The molecule has 1 aromatic carbocycles. The molecule has 0 aromatic heterocycles. The molecule has 0 spiro atoms. The molecular formula is C22H31N3O4. The third-order valence-corrected chi connectivity index (χ3v) is 5.99. The van der Waals surface area contributed by atoms with Crippen LogP contribution in [0.2, 0.25) is 0 Å². The van der Waals surface area contributed by atoms with E-state index in [9.17, 15) is 14.4 Å². The predicted molar refractivity (Wildman–Crippen MR) is 110 cm³/mol. The molecule has 3 amide bonds. The number of piperazine rings is 1. The summed E-state index contributed by atoms with van der Waals surface area (Å²) >= 11 is 0. The van der Waals surface area contributed by atoms with Gasteiger partial charge in [0.15, 0.2) is 0 Å². The van der Waals surface area contributed by atoms with Crippen molar-refractivity contribution in [3.63, 3.8) is 0 Å². The Balaban J connectivity index is 1.52. The monoisotopic (exact) mass is 401 g/mol. The highest BCUT2D eigenvalue weighted by Crippen LogP contribution is 2.25. The van der Waals surface area contributed by atoms with Crippen LogP contribution in [0.1, 0.15) is 49.5 Å². The van der Waals surface area contributed by atoms with Crippen LogP contribution in [0.3, 0.4) is 0 Å². The molecule has 0 unspecified atom stereocenters. The minimum absolute atomic E-state index is 0.0198. The summed E-state index contributed by atoms with van der Waals surface area (Å²) in [6, 6.07) is 7.81. The molecule has 2 saturated heterocycles. The summed E-state index contributed by atoms with van der Waals surface area (Å²) in [4.78, 5) is 41.5. The summed E-state index contributed by atoms with van der Waals surface area (Å²) in [7, 11) is 0. The normalized spacial score (nSPS) is 18.7. The van der Waals surface area contributed by atoms with Crippen LogP contribution >= 0.6 is 0 Å². The number of amides is 3. The van der Waals surface area contributed by atoms with E-state index in [0.29, 0.717) is 57.7 Å². The maximum absolute atomic E-state index is 12.8. The molecule has 7 heteroatoms. The van der Waals surface area contributed by atoms with Crippen LogP contribution in [-0.4, -0.2) is 77.0 Å². The summed E-state index contributed by atoms with van der Waals surface area (Å²) < 4.78 is 0. The lowest BCUT2D eigenvalue weighted by Crippen LogP contribution is -2.53. The van der Waals surface area contributed by atoms with E-state index in [4.69, 9.17) is 5.11 Å². The highest BCUT2D eigenvalue weighted by atomic mass is 16.4. The van der Waals surface area contributed by atoms with Crippen LogP contribution in [0.4, 0.5) is 4.79 Å². The van der Waals surface area contributed by atoms with Gasteiger partial charge in [0.05, 0.1) is 0 Å². The second-order valence-electron chi connectivity index (χ2n) is 8.99. The molecule has 158 valence electrons. The molecule has 1 aromatic rings. The number of rotatable bonds is 2. The Morgan fingerprint density at radius 2 is 1.34 bits per heavy atom. The van der Waals surface area contributed by atoms with Crippen molar-refractivity contribution >= 4 is 17.9 Å². The SMILES string of the molecule is CC(C)(C)c1ccc(C(=O)N2CCC(C(=O)N3CCN(C(=O)O)CC3)CC2)cc1. The average Bonchev–Trinajstić information content (AvgIpc) is 2.72. The standard InChI is InChI=1S/C22H31N3O4/c1-22(2,3)18-6-4-16(5-7-18)19(26)23-10-8-17(9-11-23)20(27)24-12-14-25(15-13-24)21(28)29/h4-7,17H,8-15H2,1-3H3,(H,28,29). The molecule has 3 rings (SSSR count). The number of carbonyl (C=O) groups is 3. The average molecular weight is 402 g/mol. The van der Waals surface area contributed by atoms with Gasteiger partial charge in [0.2, 0.25) is 5.91 Å². The maximum atomic E-state index is 12.8. The number of piperidine rings is 1. The Kier molecular flexibility index (Phi) is 6.15. The van der Waals surface area contributed by atoms with Crippen LogP contribution in [0.25, 0.3) is 0 Å². The van der Waals surface area contributed by atoms with Crippen molar-refractivity contribution in [2.45, 2.75) is 39.0 Å². The van der Waals surface area contributed by atoms with Crippen molar-refractivity contribution in [3.05, 3.63) is 35.4 Å². The van der Waals surface area contributed by atoms with Crippen LogP contribution in [-0.2, 0) is 10.2 Å². The highest BCUT2D eigenvalue weighted by molar-refractivity contribution is 5.94. The number of carboxylic acid groups (broad SMARTS) is 1. The van der Waals surface area contributed by atoms with Gasteiger partial charge < -0.3 is 19.8 Å². The first-order chi connectivity index (χ1) is 13.7. The first-order valence-electron chi connectivity index (χ1n) is 10.3. The lowest BCUT2D eigenvalue weighted by atomic mass is 9.86. The van der Waals surface area contributed by atoms with E-state index in [1.165, 1.54) is 10.5 Å². The smallest absolute Gasteiger partial charge is 0.407 e. The van der Waals surface area contributed by atoms with Gasteiger partial charge in [-0.1, -0.05) is 32.9 Å². The van der Waals surface area contributed by atoms with Gasteiger partial charge >= 0.3 is 6.09 Å². The maximum Gasteiger partial charge on any atom is 0.407 e. The molecule has 2 heterocycles. The van der Waals surface area contributed by atoms with Gasteiger partial charge in [0.25, 0.3) is 5.91 Å². The second kappa shape index (κ2) is 8.43. The van der Waals surface area contributed by atoms with Gasteiger partial charge in [0, 0.05) is 50.7 Å². The van der Waals surface area contributed by atoms with Crippen LogP contribution in [0.5, 0.6) is 0 Å². The number of likely N-dealkylation sites (tertiary alicyclic amines) is 1. The summed E-state index contributed by atoms with van der Waals surface area (Å²) in [6.45, 7) is 9.21. The van der Waals surface area contributed by atoms with Gasteiger partial charge in [0.1, 0.15) is 0 Å². The molecule has 2 aliphatic heterocycles. The van der Waals surface area contributed by atoms with Gasteiger partial charge in [-0.25, -0.2) is 4.79 Å². The lowest BCUT2D eigenvalue weighted by Gasteiger charge is -2.37. The molecule has 0 bridgehead atoms. The zero-order chi connectivity index (χ0) is 21.2. The topological polar surface area (TPSA) is 81.2 Å². The van der Waals surface area contributed by atoms with E-state index < -0.39 is 6.09 Å². The Hall–Kier alpha value is -2.57. The van der Waals surface area contributed by atoms with Crippen molar-refractivity contribution in [1.29, 1.82) is 0 Å².